The Morgan fingerprint density at radius 2 is 1.22 bits per heavy atom. The van der Waals surface area contributed by atoms with E-state index in [-0.39, 0.29) is 0 Å². The molecule has 2 nitrogen and oxygen atoms in total. The molecule has 0 heterocycles. The summed E-state index contributed by atoms with van der Waals surface area (Å²) in [6.45, 7) is 0. The van der Waals surface area contributed by atoms with E-state index in [0.29, 0.717) is 5.56 Å². The first-order valence-corrected chi connectivity index (χ1v) is 7.57. The monoisotopic (exact) mass is 296 g/mol. The second-order valence-electron chi connectivity index (χ2n) is 5.91. The summed E-state index contributed by atoms with van der Waals surface area (Å²) >= 11 is 0. The first kappa shape index (κ1) is 12.4. The van der Waals surface area contributed by atoms with Crippen LogP contribution in [0.25, 0.3) is 43.1 Å². The molecule has 0 aliphatic rings. The van der Waals surface area contributed by atoms with Gasteiger partial charge in [-0.15, -0.1) is 0 Å². The molecular formula is C21H12O2. The van der Waals surface area contributed by atoms with Crippen molar-refractivity contribution < 1.29 is 9.90 Å². The van der Waals surface area contributed by atoms with E-state index in [1.54, 1.807) is 6.07 Å². The van der Waals surface area contributed by atoms with Gasteiger partial charge in [0.15, 0.2) is 0 Å². The standard InChI is InChI=1S/C21H12O2/c22-21(23)17-11-10-13-9-8-12-4-3-7-15-14-5-1-2-6-16(14)20(17)19(13)18(12)15/h1-11H,(H,22,23). The predicted octanol–water partition coefficient (Wildman–Crippen LogP) is 5.44. The van der Waals surface area contributed by atoms with Crippen LogP contribution in [0.1, 0.15) is 10.4 Å². The lowest BCUT2D eigenvalue weighted by Gasteiger charge is -2.16. The molecule has 0 radical (unpaired) electrons. The van der Waals surface area contributed by atoms with Crippen LogP contribution in [-0.2, 0) is 0 Å². The number of benzene rings is 5. The normalized spacial score (nSPS) is 11.8. The molecule has 2 heteroatoms. The van der Waals surface area contributed by atoms with E-state index in [1.807, 2.05) is 24.3 Å². The van der Waals surface area contributed by atoms with Gasteiger partial charge in [0.2, 0.25) is 0 Å². The quantitative estimate of drug-likeness (QED) is 0.330. The van der Waals surface area contributed by atoms with Gasteiger partial charge in [-0.3, -0.25) is 0 Å². The van der Waals surface area contributed by atoms with Crippen LogP contribution >= 0.6 is 0 Å². The Balaban J connectivity index is 2.28. The van der Waals surface area contributed by atoms with Crippen molar-refractivity contribution >= 4 is 49.1 Å². The van der Waals surface area contributed by atoms with E-state index in [0.717, 1.165) is 37.7 Å². The van der Waals surface area contributed by atoms with Gasteiger partial charge in [-0.2, -0.15) is 0 Å². The topological polar surface area (TPSA) is 37.3 Å². The van der Waals surface area contributed by atoms with Crippen LogP contribution in [0.2, 0.25) is 0 Å². The molecule has 5 aromatic carbocycles. The summed E-state index contributed by atoms with van der Waals surface area (Å²) in [5, 5.41) is 18.2. The largest absolute Gasteiger partial charge is 0.478 e. The summed E-state index contributed by atoms with van der Waals surface area (Å²) in [4.78, 5) is 11.8. The van der Waals surface area contributed by atoms with E-state index in [9.17, 15) is 9.90 Å². The first-order valence-electron chi connectivity index (χ1n) is 7.57. The summed E-state index contributed by atoms with van der Waals surface area (Å²) in [7, 11) is 0. The Labute approximate surface area is 131 Å². The van der Waals surface area contributed by atoms with Gasteiger partial charge in [0.25, 0.3) is 0 Å². The molecule has 23 heavy (non-hydrogen) atoms. The van der Waals surface area contributed by atoms with E-state index >= 15 is 0 Å². The van der Waals surface area contributed by atoms with Gasteiger partial charge in [0, 0.05) is 5.39 Å². The van der Waals surface area contributed by atoms with Crippen molar-refractivity contribution in [1.82, 2.24) is 0 Å². The molecule has 0 aliphatic heterocycles. The molecule has 0 saturated carbocycles. The highest BCUT2D eigenvalue weighted by Crippen LogP contribution is 2.41. The third-order valence-corrected chi connectivity index (χ3v) is 4.74. The second kappa shape index (κ2) is 4.20. The summed E-state index contributed by atoms with van der Waals surface area (Å²) in [5.41, 5.74) is 0.368. The Morgan fingerprint density at radius 1 is 0.609 bits per heavy atom. The van der Waals surface area contributed by atoms with Crippen molar-refractivity contribution in [1.29, 1.82) is 0 Å². The zero-order valence-corrected chi connectivity index (χ0v) is 12.2. The maximum Gasteiger partial charge on any atom is 0.336 e. The van der Waals surface area contributed by atoms with E-state index in [1.165, 1.54) is 5.39 Å². The molecule has 0 spiro atoms. The predicted molar refractivity (Wildman–Crippen MR) is 94.6 cm³/mol. The molecule has 5 rings (SSSR count). The van der Waals surface area contributed by atoms with E-state index < -0.39 is 5.97 Å². The highest BCUT2D eigenvalue weighted by molar-refractivity contribution is 6.36. The number of aromatic carboxylic acids is 1. The summed E-state index contributed by atoms with van der Waals surface area (Å²) < 4.78 is 0. The van der Waals surface area contributed by atoms with Crippen molar-refractivity contribution in [3.05, 3.63) is 72.3 Å². The molecular weight excluding hydrogens is 284 g/mol. The molecule has 5 aromatic rings. The fourth-order valence-corrected chi connectivity index (χ4v) is 3.81. The highest BCUT2D eigenvalue weighted by atomic mass is 16.4. The van der Waals surface area contributed by atoms with Crippen LogP contribution in [0, 0.1) is 0 Å². The number of carbonyl (C=O) groups is 1. The van der Waals surface area contributed by atoms with Crippen LogP contribution in [-0.4, -0.2) is 11.1 Å². The molecule has 0 amide bonds. The second-order valence-corrected chi connectivity index (χ2v) is 5.91. The van der Waals surface area contributed by atoms with Crippen LogP contribution < -0.4 is 0 Å². The lowest BCUT2D eigenvalue weighted by Crippen LogP contribution is -1.99. The summed E-state index contributed by atoms with van der Waals surface area (Å²) in [5.74, 6) is -0.881. The molecule has 0 aliphatic carbocycles. The van der Waals surface area contributed by atoms with Gasteiger partial charge < -0.3 is 5.11 Å². The summed E-state index contributed by atoms with van der Waals surface area (Å²) in [6.07, 6.45) is 0. The third kappa shape index (κ3) is 1.50. The van der Waals surface area contributed by atoms with Crippen molar-refractivity contribution in [2.75, 3.05) is 0 Å². The van der Waals surface area contributed by atoms with Crippen molar-refractivity contribution in [3.8, 4) is 0 Å². The first-order chi connectivity index (χ1) is 11.3. The minimum Gasteiger partial charge on any atom is -0.478 e. The van der Waals surface area contributed by atoms with E-state index in [2.05, 4.69) is 36.4 Å². The average molecular weight is 296 g/mol. The number of hydrogen-bond donors (Lipinski definition) is 1. The van der Waals surface area contributed by atoms with Crippen molar-refractivity contribution in [2.24, 2.45) is 0 Å². The van der Waals surface area contributed by atoms with Gasteiger partial charge in [-0.05, 0) is 43.8 Å². The maximum absolute atomic E-state index is 11.8. The third-order valence-electron chi connectivity index (χ3n) is 4.74. The van der Waals surface area contributed by atoms with Gasteiger partial charge in [0.05, 0.1) is 5.56 Å². The molecule has 108 valence electrons. The Bertz CT molecular complexity index is 1230. The summed E-state index contributed by atoms with van der Waals surface area (Å²) in [6, 6.07) is 22.2. The molecule has 0 aromatic heterocycles. The van der Waals surface area contributed by atoms with Crippen molar-refractivity contribution in [2.45, 2.75) is 0 Å². The fraction of sp³-hybridized carbons (Fsp3) is 0. The zero-order valence-electron chi connectivity index (χ0n) is 12.2. The smallest absolute Gasteiger partial charge is 0.336 e. The lowest BCUT2D eigenvalue weighted by atomic mass is 9.87. The van der Waals surface area contributed by atoms with Gasteiger partial charge >= 0.3 is 5.97 Å². The number of carboxylic acid groups (broad SMARTS) is 1. The minimum atomic E-state index is -0.881. The SMILES string of the molecule is O=C(O)c1ccc2ccc3cccc4c5ccccc5c1c2c34. The number of carboxylic acids is 1. The van der Waals surface area contributed by atoms with Gasteiger partial charge in [0.1, 0.15) is 0 Å². The van der Waals surface area contributed by atoms with Crippen LogP contribution in [0.4, 0.5) is 0 Å². The average Bonchev–Trinajstić information content (AvgIpc) is 2.60. The molecule has 0 unspecified atom stereocenters. The van der Waals surface area contributed by atoms with Crippen LogP contribution in [0.3, 0.4) is 0 Å². The fourth-order valence-electron chi connectivity index (χ4n) is 3.81. The molecule has 0 saturated heterocycles. The molecule has 0 atom stereocenters. The Morgan fingerprint density at radius 3 is 2.00 bits per heavy atom. The zero-order chi connectivity index (χ0) is 15.6. The maximum atomic E-state index is 11.8. The molecule has 0 bridgehead atoms. The lowest BCUT2D eigenvalue weighted by molar-refractivity contribution is 0.0699. The Kier molecular flexibility index (Phi) is 2.27. The van der Waals surface area contributed by atoms with Gasteiger partial charge in [-0.1, -0.05) is 60.7 Å². The van der Waals surface area contributed by atoms with Crippen LogP contribution in [0.5, 0.6) is 0 Å². The van der Waals surface area contributed by atoms with Crippen LogP contribution in [0.15, 0.2) is 66.7 Å². The molecule has 1 N–H and O–H groups in total. The number of rotatable bonds is 1. The van der Waals surface area contributed by atoms with E-state index in [4.69, 9.17) is 0 Å². The Hall–Kier alpha value is -3.13. The van der Waals surface area contributed by atoms with Crippen molar-refractivity contribution in [3.63, 3.8) is 0 Å². The number of hydrogen-bond acceptors (Lipinski definition) is 1. The van der Waals surface area contributed by atoms with Gasteiger partial charge in [-0.25, -0.2) is 4.79 Å². The minimum absolute atomic E-state index is 0.368. The highest BCUT2D eigenvalue weighted by Gasteiger charge is 2.17. The molecule has 0 fully saturated rings. The number of fused-ring (bicyclic) bond motifs is 3.